The van der Waals surface area contributed by atoms with E-state index in [9.17, 15) is 24.0 Å². The molecule has 0 spiro atoms. The Morgan fingerprint density at radius 1 is 1.09 bits per heavy atom. The summed E-state index contributed by atoms with van der Waals surface area (Å²) in [6, 6.07) is 3.98. The summed E-state index contributed by atoms with van der Waals surface area (Å²) in [5.41, 5.74) is -1.28. The number of amides is 4. The molecule has 1 aliphatic heterocycles. The van der Waals surface area contributed by atoms with Crippen LogP contribution in [-0.4, -0.2) is 85.5 Å². The highest BCUT2D eigenvalue weighted by Gasteiger charge is 2.35. The normalized spacial score (nSPS) is 13.9. The van der Waals surface area contributed by atoms with Crippen molar-refractivity contribution in [3.05, 3.63) is 46.8 Å². The third-order valence-corrected chi connectivity index (χ3v) is 5.02. The van der Waals surface area contributed by atoms with Crippen LogP contribution in [0.3, 0.4) is 0 Å². The van der Waals surface area contributed by atoms with Crippen LogP contribution in [0.5, 0.6) is 0 Å². The Morgan fingerprint density at radius 2 is 1.76 bits per heavy atom. The van der Waals surface area contributed by atoms with Crippen LogP contribution in [0.15, 0.2) is 35.4 Å². The highest BCUT2D eigenvalue weighted by Crippen LogP contribution is 2.13. The number of carbonyl (C=O) groups is 4. The minimum Gasteiger partial charge on any atom is -0.465 e. The van der Waals surface area contributed by atoms with Crippen molar-refractivity contribution in [2.45, 2.75) is 19.4 Å². The molecule has 3 heterocycles. The SMILES string of the molecule is CC(C)(NC(=O)O)C(=O)N1CCN(C(=O)Nc2ccn(-c3ccc(C=O)nc3)c(=O)n2)CC1. The van der Waals surface area contributed by atoms with Gasteiger partial charge in [-0.15, -0.1) is 0 Å². The average Bonchev–Trinajstić information content (AvgIpc) is 2.78. The van der Waals surface area contributed by atoms with Crippen molar-refractivity contribution in [2.24, 2.45) is 0 Å². The van der Waals surface area contributed by atoms with E-state index in [1.807, 2.05) is 0 Å². The number of urea groups is 1. The zero-order chi connectivity index (χ0) is 24.2. The maximum absolute atomic E-state index is 12.6. The lowest BCUT2D eigenvalue weighted by Gasteiger charge is -2.38. The summed E-state index contributed by atoms with van der Waals surface area (Å²) in [6.45, 7) is 3.87. The van der Waals surface area contributed by atoms with Crippen LogP contribution in [-0.2, 0) is 4.79 Å². The molecule has 1 aliphatic rings. The van der Waals surface area contributed by atoms with Crippen molar-refractivity contribution >= 4 is 30.1 Å². The summed E-state index contributed by atoms with van der Waals surface area (Å²) in [4.78, 5) is 69.7. The van der Waals surface area contributed by atoms with Gasteiger partial charge >= 0.3 is 17.8 Å². The van der Waals surface area contributed by atoms with E-state index in [4.69, 9.17) is 5.11 Å². The third kappa shape index (κ3) is 5.50. The molecule has 0 aromatic carbocycles. The number of aromatic nitrogens is 3. The van der Waals surface area contributed by atoms with Crippen molar-refractivity contribution < 1.29 is 24.3 Å². The predicted molar refractivity (Wildman–Crippen MR) is 115 cm³/mol. The lowest BCUT2D eigenvalue weighted by Crippen LogP contribution is -2.60. The van der Waals surface area contributed by atoms with Crippen molar-refractivity contribution in [1.82, 2.24) is 29.7 Å². The Morgan fingerprint density at radius 3 is 2.30 bits per heavy atom. The number of pyridine rings is 1. The molecule has 33 heavy (non-hydrogen) atoms. The molecule has 3 rings (SSSR count). The summed E-state index contributed by atoms with van der Waals surface area (Å²) in [6.07, 6.45) is 2.08. The van der Waals surface area contributed by atoms with Gasteiger partial charge < -0.3 is 20.2 Å². The second kappa shape index (κ2) is 9.46. The fourth-order valence-electron chi connectivity index (χ4n) is 3.30. The van der Waals surface area contributed by atoms with E-state index < -0.39 is 23.4 Å². The van der Waals surface area contributed by atoms with Crippen LogP contribution >= 0.6 is 0 Å². The topological polar surface area (TPSA) is 167 Å². The van der Waals surface area contributed by atoms with Gasteiger partial charge in [0.25, 0.3) is 0 Å². The molecule has 13 nitrogen and oxygen atoms in total. The number of carbonyl (C=O) groups excluding carboxylic acids is 3. The second-order valence-corrected chi connectivity index (χ2v) is 7.79. The Bertz CT molecular complexity index is 1120. The van der Waals surface area contributed by atoms with Crippen LogP contribution in [0.25, 0.3) is 5.69 Å². The van der Waals surface area contributed by atoms with E-state index in [2.05, 4.69) is 20.6 Å². The van der Waals surface area contributed by atoms with Crippen molar-refractivity contribution in [2.75, 3.05) is 31.5 Å². The smallest absolute Gasteiger partial charge is 0.405 e. The number of hydrogen-bond donors (Lipinski definition) is 3. The van der Waals surface area contributed by atoms with Gasteiger partial charge in [0, 0.05) is 32.4 Å². The van der Waals surface area contributed by atoms with E-state index in [1.54, 1.807) is 6.07 Å². The van der Waals surface area contributed by atoms with E-state index in [0.717, 1.165) is 0 Å². The molecule has 0 bridgehead atoms. The first-order valence-electron chi connectivity index (χ1n) is 9.98. The minimum absolute atomic E-state index is 0.0593. The van der Waals surface area contributed by atoms with Gasteiger partial charge in [0.15, 0.2) is 6.29 Å². The number of hydrogen-bond acceptors (Lipinski definition) is 7. The van der Waals surface area contributed by atoms with Crippen LogP contribution in [0, 0.1) is 0 Å². The highest BCUT2D eigenvalue weighted by atomic mass is 16.4. The minimum atomic E-state index is -1.30. The van der Waals surface area contributed by atoms with Crippen molar-refractivity contribution in [3.63, 3.8) is 0 Å². The molecule has 2 aromatic heterocycles. The summed E-state index contributed by atoms with van der Waals surface area (Å²) in [7, 11) is 0. The molecule has 0 atom stereocenters. The first-order chi connectivity index (χ1) is 15.6. The third-order valence-electron chi connectivity index (χ3n) is 5.02. The van der Waals surface area contributed by atoms with Gasteiger partial charge in [-0.2, -0.15) is 4.98 Å². The molecule has 174 valence electrons. The van der Waals surface area contributed by atoms with E-state index >= 15 is 0 Å². The van der Waals surface area contributed by atoms with Gasteiger partial charge in [-0.25, -0.2) is 14.4 Å². The molecule has 1 saturated heterocycles. The van der Waals surface area contributed by atoms with Crippen molar-refractivity contribution in [3.8, 4) is 5.69 Å². The lowest BCUT2D eigenvalue weighted by atomic mass is 10.0. The molecule has 13 heteroatoms. The Balaban J connectivity index is 1.59. The van der Waals surface area contributed by atoms with Crippen LogP contribution in [0.1, 0.15) is 24.3 Å². The zero-order valence-corrected chi connectivity index (χ0v) is 18.0. The standard InChI is InChI=1S/C20H23N7O6/c1-20(2,24-19(32)33)16(29)25-7-9-26(10-8-25)17(30)22-15-5-6-27(18(31)23-15)14-4-3-13(12-28)21-11-14/h3-6,11-12,24H,7-10H2,1-2H3,(H,32,33)(H,22,23,30,31). The van der Waals surface area contributed by atoms with E-state index in [1.165, 1.54) is 52.7 Å². The predicted octanol–water partition coefficient (Wildman–Crippen LogP) is 0.162. The fraction of sp³-hybridized carbons (Fsp3) is 0.350. The molecule has 0 saturated carbocycles. The van der Waals surface area contributed by atoms with Gasteiger partial charge in [0.2, 0.25) is 5.91 Å². The molecule has 2 aromatic rings. The number of anilines is 1. The summed E-state index contributed by atoms with van der Waals surface area (Å²) in [5.74, 6) is -0.324. The fourth-order valence-corrected chi connectivity index (χ4v) is 3.30. The van der Waals surface area contributed by atoms with Gasteiger partial charge in [-0.1, -0.05) is 0 Å². The average molecular weight is 457 g/mol. The molecule has 3 N–H and O–H groups in total. The van der Waals surface area contributed by atoms with Gasteiger partial charge in [0.1, 0.15) is 17.1 Å². The summed E-state index contributed by atoms with van der Waals surface area (Å²) < 4.78 is 1.22. The number of nitrogens with one attached hydrogen (secondary N) is 2. The van der Waals surface area contributed by atoms with Crippen molar-refractivity contribution in [1.29, 1.82) is 0 Å². The second-order valence-electron chi connectivity index (χ2n) is 7.79. The lowest BCUT2D eigenvalue weighted by molar-refractivity contribution is -0.138. The van der Waals surface area contributed by atoms with Crippen LogP contribution < -0.4 is 16.3 Å². The first kappa shape index (κ1) is 23.4. The Labute approximate surface area is 188 Å². The highest BCUT2D eigenvalue weighted by molar-refractivity contribution is 5.90. The van der Waals surface area contributed by atoms with Gasteiger partial charge in [-0.05, 0) is 32.0 Å². The van der Waals surface area contributed by atoms with E-state index in [-0.39, 0.29) is 43.6 Å². The molecular formula is C20H23N7O6. The molecule has 0 unspecified atom stereocenters. The number of piperazine rings is 1. The summed E-state index contributed by atoms with van der Waals surface area (Å²) in [5, 5.41) is 13.6. The largest absolute Gasteiger partial charge is 0.465 e. The van der Waals surface area contributed by atoms with Gasteiger partial charge in [0.05, 0.1) is 11.9 Å². The number of carboxylic acid groups (broad SMARTS) is 1. The monoisotopic (exact) mass is 457 g/mol. The molecule has 4 amide bonds. The number of aldehydes is 1. The first-order valence-corrected chi connectivity index (χ1v) is 9.98. The molecular weight excluding hydrogens is 434 g/mol. The Kier molecular flexibility index (Phi) is 6.70. The van der Waals surface area contributed by atoms with Crippen LogP contribution in [0.4, 0.5) is 15.4 Å². The zero-order valence-electron chi connectivity index (χ0n) is 18.0. The van der Waals surface area contributed by atoms with Gasteiger partial charge in [-0.3, -0.25) is 24.5 Å². The number of nitrogens with zero attached hydrogens (tertiary/aromatic N) is 5. The van der Waals surface area contributed by atoms with E-state index in [0.29, 0.717) is 12.0 Å². The quantitative estimate of drug-likeness (QED) is 0.534. The molecule has 0 radical (unpaired) electrons. The molecule has 1 fully saturated rings. The number of rotatable bonds is 5. The molecule has 0 aliphatic carbocycles. The Hall–Kier alpha value is -4.29. The maximum Gasteiger partial charge on any atom is 0.405 e. The van der Waals surface area contributed by atoms with Crippen LogP contribution in [0.2, 0.25) is 0 Å². The summed E-state index contributed by atoms with van der Waals surface area (Å²) >= 11 is 0. The maximum atomic E-state index is 12.6.